The van der Waals surface area contributed by atoms with Crippen molar-refractivity contribution in [2.24, 2.45) is 4.99 Å². The fourth-order valence-corrected chi connectivity index (χ4v) is 1.92. The van der Waals surface area contributed by atoms with Crippen molar-refractivity contribution in [3.8, 4) is 0 Å². The van der Waals surface area contributed by atoms with Crippen LogP contribution in [0.1, 0.15) is 31.7 Å². The van der Waals surface area contributed by atoms with Gasteiger partial charge in [-0.25, -0.2) is 4.99 Å². The van der Waals surface area contributed by atoms with E-state index in [0.717, 1.165) is 25.8 Å². The molecule has 0 atom stereocenters. The van der Waals surface area contributed by atoms with E-state index >= 15 is 0 Å². The van der Waals surface area contributed by atoms with Gasteiger partial charge in [-0.15, -0.1) is 0 Å². The zero-order valence-corrected chi connectivity index (χ0v) is 10.9. The van der Waals surface area contributed by atoms with Crippen molar-refractivity contribution in [2.45, 2.75) is 32.7 Å². The number of hydrogen-bond acceptors (Lipinski definition) is 2. The number of allylic oxidation sites excluding steroid dienone is 3. The van der Waals surface area contributed by atoms with E-state index in [4.69, 9.17) is 0 Å². The van der Waals surface area contributed by atoms with Gasteiger partial charge in [0, 0.05) is 18.4 Å². The summed E-state index contributed by atoms with van der Waals surface area (Å²) < 4.78 is 0. The zero-order chi connectivity index (χ0) is 12.6. The highest BCUT2D eigenvalue weighted by atomic mass is 15.1. The Morgan fingerprint density at radius 1 is 1.17 bits per heavy atom. The van der Waals surface area contributed by atoms with Gasteiger partial charge in [0.2, 0.25) is 0 Å². The Morgan fingerprint density at radius 3 is 2.78 bits per heavy atom. The van der Waals surface area contributed by atoms with Crippen LogP contribution in [-0.4, -0.2) is 11.2 Å². The van der Waals surface area contributed by atoms with Crippen LogP contribution in [0.15, 0.2) is 59.4 Å². The molecular formula is C16H20N2. The summed E-state index contributed by atoms with van der Waals surface area (Å²) in [7, 11) is 0. The quantitative estimate of drug-likeness (QED) is 0.776. The second-order valence-corrected chi connectivity index (χ2v) is 4.41. The maximum Gasteiger partial charge on any atom is 0.0951 e. The van der Waals surface area contributed by atoms with Gasteiger partial charge in [0.15, 0.2) is 0 Å². The van der Waals surface area contributed by atoms with E-state index in [9.17, 15) is 0 Å². The highest BCUT2D eigenvalue weighted by Gasteiger charge is 1.99. The standard InChI is InChI=1S/C16H20N2/c1-2-16-11-7-4-8-12-18(14-17-16)13-15-9-5-3-6-10-15/h3,5-6,8-12,14H,2,4,7,13H2,1H3/b12-8+,16-11+,17-14?. The SMILES string of the molecule is CC/C1=C\CC/C=C/N(Cc2ccccc2)C=N1. The molecule has 1 aliphatic heterocycles. The lowest BCUT2D eigenvalue weighted by molar-refractivity contribution is 0.565. The normalized spacial score (nSPS) is 20.5. The fourth-order valence-electron chi connectivity index (χ4n) is 1.92. The van der Waals surface area contributed by atoms with Crippen molar-refractivity contribution < 1.29 is 0 Å². The molecule has 1 aliphatic rings. The van der Waals surface area contributed by atoms with Crippen molar-refractivity contribution in [1.29, 1.82) is 0 Å². The molecule has 0 radical (unpaired) electrons. The van der Waals surface area contributed by atoms with E-state index < -0.39 is 0 Å². The van der Waals surface area contributed by atoms with Crippen molar-refractivity contribution >= 4 is 6.34 Å². The molecule has 0 aromatic heterocycles. The second kappa shape index (κ2) is 6.80. The lowest BCUT2D eigenvalue weighted by Gasteiger charge is -2.14. The first kappa shape index (κ1) is 12.6. The van der Waals surface area contributed by atoms with E-state index in [1.807, 2.05) is 12.4 Å². The highest BCUT2D eigenvalue weighted by Crippen LogP contribution is 2.10. The summed E-state index contributed by atoms with van der Waals surface area (Å²) in [5.74, 6) is 0. The van der Waals surface area contributed by atoms with E-state index in [2.05, 4.69) is 59.4 Å². The molecule has 0 amide bonds. The first-order chi connectivity index (χ1) is 8.88. The van der Waals surface area contributed by atoms with Gasteiger partial charge in [0.1, 0.15) is 0 Å². The molecular weight excluding hydrogens is 220 g/mol. The molecule has 1 aromatic rings. The van der Waals surface area contributed by atoms with Crippen LogP contribution < -0.4 is 0 Å². The second-order valence-electron chi connectivity index (χ2n) is 4.41. The summed E-state index contributed by atoms with van der Waals surface area (Å²) in [6.45, 7) is 3.02. The summed E-state index contributed by atoms with van der Waals surface area (Å²) in [5.41, 5.74) is 2.48. The van der Waals surface area contributed by atoms with Crippen LogP contribution in [0.25, 0.3) is 0 Å². The van der Waals surface area contributed by atoms with Gasteiger partial charge < -0.3 is 4.90 Å². The third kappa shape index (κ3) is 3.88. The molecule has 2 heteroatoms. The molecule has 0 aliphatic carbocycles. The van der Waals surface area contributed by atoms with Gasteiger partial charge in [0.05, 0.1) is 6.34 Å². The van der Waals surface area contributed by atoms with Crippen molar-refractivity contribution in [3.05, 3.63) is 59.9 Å². The third-order valence-corrected chi connectivity index (χ3v) is 2.95. The summed E-state index contributed by atoms with van der Waals surface area (Å²) in [6, 6.07) is 10.5. The topological polar surface area (TPSA) is 15.6 Å². The molecule has 2 rings (SSSR count). The monoisotopic (exact) mass is 240 g/mol. The Hall–Kier alpha value is -1.83. The third-order valence-electron chi connectivity index (χ3n) is 2.95. The lowest BCUT2D eigenvalue weighted by Crippen LogP contribution is -2.14. The van der Waals surface area contributed by atoms with Gasteiger partial charge >= 0.3 is 0 Å². The van der Waals surface area contributed by atoms with Crippen LogP contribution in [0.4, 0.5) is 0 Å². The van der Waals surface area contributed by atoms with Crippen LogP contribution >= 0.6 is 0 Å². The predicted octanol–water partition coefficient (Wildman–Crippen LogP) is 4.12. The van der Waals surface area contributed by atoms with Gasteiger partial charge in [-0.05, 0) is 24.8 Å². The molecule has 2 nitrogen and oxygen atoms in total. The molecule has 0 fully saturated rings. The van der Waals surface area contributed by atoms with Crippen molar-refractivity contribution in [3.63, 3.8) is 0 Å². The highest BCUT2D eigenvalue weighted by molar-refractivity contribution is 5.58. The molecule has 0 spiro atoms. The Bertz CT molecular complexity index is 443. The van der Waals surface area contributed by atoms with Crippen LogP contribution in [0.3, 0.4) is 0 Å². The number of hydrogen-bond donors (Lipinski definition) is 0. The maximum absolute atomic E-state index is 4.55. The summed E-state index contributed by atoms with van der Waals surface area (Å²) in [4.78, 5) is 6.69. The molecule has 1 heterocycles. The minimum atomic E-state index is 0.873. The van der Waals surface area contributed by atoms with Crippen molar-refractivity contribution in [2.75, 3.05) is 0 Å². The van der Waals surface area contributed by atoms with Crippen molar-refractivity contribution in [1.82, 2.24) is 4.90 Å². The average molecular weight is 240 g/mol. The van der Waals surface area contributed by atoms with E-state index in [1.165, 1.54) is 11.3 Å². The van der Waals surface area contributed by atoms with E-state index in [0.29, 0.717) is 0 Å². The zero-order valence-electron chi connectivity index (χ0n) is 10.9. The summed E-state index contributed by atoms with van der Waals surface area (Å²) >= 11 is 0. The molecule has 1 aromatic carbocycles. The minimum absolute atomic E-state index is 0.873. The average Bonchev–Trinajstić information content (AvgIpc) is 2.52. The molecule has 18 heavy (non-hydrogen) atoms. The van der Waals surface area contributed by atoms with Crippen LogP contribution in [0.5, 0.6) is 0 Å². The van der Waals surface area contributed by atoms with Crippen LogP contribution in [0, 0.1) is 0 Å². The number of nitrogens with zero attached hydrogens (tertiary/aromatic N) is 2. The lowest BCUT2D eigenvalue weighted by atomic mass is 10.2. The molecule has 94 valence electrons. The Morgan fingerprint density at radius 2 is 2.00 bits per heavy atom. The molecule has 0 bridgehead atoms. The van der Waals surface area contributed by atoms with E-state index in [1.54, 1.807) is 0 Å². The largest absolute Gasteiger partial charge is 0.335 e. The molecule has 0 unspecified atom stereocenters. The summed E-state index contributed by atoms with van der Waals surface area (Å²) in [5, 5.41) is 0. The van der Waals surface area contributed by atoms with Crippen LogP contribution in [0.2, 0.25) is 0 Å². The van der Waals surface area contributed by atoms with Gasteiger partial charge in [-0.3, -0.25) is 0 Å². The predicted molar refractivity (Wildman–Crippen MR) is 77.2 cm³/mol. The van der Waals surface area contributed by atoms with Gasteiger partial charge in [0.25, 0.3) is 0 Å². The fraction of sp³-hybridized carbons (Fsp3) is 0.312. The minimum Gasteiger partial charge on any atom is -0.335 e. The first-order valence-corrected chi connectivity index (χ1v) is 6.58. The number of aliphatic imine (C=N–C) groups is 1. The molecule has 0 saturated heterocycles. The summed E-state index contributed by atoms with van der Waals surface area (Å²) in [6.07, 6.45) is 11.7. The smallest absolute Gasteiger partial charge is 0.0951 e. The van der Waals surface area contributed by atoms with Gasteiger partial charge in [-0.1, -0.05) is 49.4 Å². The number of benzene rings is 1. The van der Waals surface area contributed by atoms with Crippen LogP contribution in [-0.2, 0) is 6.54 Å². The maximum atomic E-state index is 4.55. The Kier molecular flexibility index (Phi) is 4.77. The van der Waals surface area contributed by atoms with E-state index in [-0.39, 0.29) is 0 Å². The Balaban J connectivity index is 2.08. The molecule has 0 N–H and O–H groups in total. The first-order valence-electron chi connectivity index (χ1n) is 6.58. The number of rotatable bonds is 3. The Labute approximate surface area is 109 Å². The van der Waals surface area contributed by atoms with Gasteiger partial charge in [-0.2, -0.15) is 0 Å². The molecule has 0 saturated carbocycles.